The minimum atomic E-state index is -1.09. The van der Waals surface area contributed by atoms with E-state index in [1.807, 2.05) is 83.1 Å². The molecule has 0 spiro atoms. The molecule has 3 aliphatic heterocycles. The average Bonchev–Trinajstić information content (AvgIpc) is 1.59. The standard InChI is InChI=1S/C28H26F2N4O4.C26H26F2N4O4.C26H24F2N4O3/c1-14-27(15(2)38-32-14)17-4-7-24-23(10-17)31-28(34(24)19-11-20(12-19)37-16(3)35)25-8-9-26(36)33(25)18-5-6-21(29)22(30)13-18;1-13-25(14(2)36-31-13)15-3-6-21(29-16-10-18(33)11-16)22(9-15)30-26(35)23-7-8-24(34)32(23)17-4-5-19(27)20(28)12-17;1-13-25(14(2)35-30-13)15-3-6-22-21(9-15)29-26(32(22)17-10-18(33)11-17)23-7-8-24(34)31(23)16-4-5-19(27)20(28)12-16/h4-7,10,13,19-20,25H,8-9,11-12H2,1-3H3;3-6,9,12,16,18,23,29,33H,7-8,10-11H2,1-2H3,(H,30,35);3-6,9,12,17-18,23,33H,7-8,10-11H2,1-2H3/t19?,20?,25-;16?,18?,23-;17?,18?,23-/m000/s1. The number of benzene rings is 6. The molecule has 29 heteroatoms. The molecule has 0 radical (unpaired) electrons. The van der Waals surface area contributed by atoms with Gasteiger partial charge in [-0.25, -0.2) is 36.3 Å². The number of halogens is 6. The molecule has 0 bridgehead atoms. The number of carbonyl (C=O) groups is 5. The minimum Gasteiger partial charge on any atom is -0.462 e. The number of aromatic nitrogens is 7. The average molecular weight is 1500 g/mol. The number of anilines is 5. The van der Waals surface area contributed by atoms with Crippen LogP contribution >= 0.6 is 0 Å². The first-order valence-corrected chi connectivity index (χ1v) is 36.1. The summed E-state index contributed by atoms with van der Waals surface area (Å²) >= 11 is 0. The van der Waals surface area contributed by atoms with E-state index in [2.05, 4.69) is 35.2 Å². The summed E-state index contributed by atoms with van der Waals surface area (Å²) in [6, 6.07) is 26.0. The number of aliphatic hydroxyl groups is 2. The predicted octanol–water partition coefficient (Wildman–Crippen LogP) is 15.2. The Morgan fingerprint density at radius 1 is 0.477 bits per heavy atom. The number of rotatable bonds is 15. The summed E-state index contributed by atoms with van der Waals surface area (Å²) in [6.07, 6.45) is 4.60. The Morgan fingerprint density at radius 2 is 0.881 bits per heavy atom. The summed E-state index contributed by atoms with van der Waals surface area (Å²) in [6.45, 7) is 12.5. The van der Waals surface area contributed by atoms with E-state index in [-0.39, 0.29) is 97.2 Å². The molecule has 6 fully saturated rings. The second-order valence-electron chi connectivity index (χ2n) is 28.8. The fraction of sp³-hybridized carbons (Fsp3) is 0.350. The van der Waals surface area contributed by atoms with E-state index in [0.717, 1.165) is 109 Å². The van der Waals surface area contributed by atoms with Crippen molar-refractivity contribution in [3.8, 4) is 33.4 Å². The summed E-state index contributed by atoms with van der Waals surface area (Å²) in [4.78, 5) is 77.6. The molecule has 3 saturated heterocycles. The number of fused-ring (bicyclic) bond motifs is 2. The molecule has 23 nitrogen and oxygen atoms in total. The van der Waals surface area contributed by atoms with E-state index in [9.17, 15) is 60.5 Å². The lowest BCUT2D eigenvalue weighted by atomic mass is 9.88. The second-order valence-corrected chi connectivity index (χ2v) is 28.8. The van der Waals surface area contributed by atoms with Crippen LogP contribution in [-0.2, 0) is 28.7 Å². The molecule has 564 valence electrons. The molecular weight excluding hydrogens is 1420 g/mol. The molecule has 0 unspecified atom stereocenters. The molecule has 5 aromatic heterocycles. The molecule has 3 atom stereocenters. The number of imidazole rings is 2. The topological polar surface area (TPSA) is 283 Å². The number of carbonyl (C=O) groups excluding carboxylic acids is 5. The highest BCUT2D eigenvalue weighted by Gasteiger charge is 2.44. The summed E-state index contributed by atoms with van der Waals surface area (Å²) in [5.41, 5.74) is 12.7. The van der Waals surface area contributed by atoms with Crippen LogP contribution < -0.4 is 25.3 Å². The third kappa shape index (κ3) is 14.0. The zero-order chi connectivity index (χ0) is 76.7. The number of aryl methyl sites for hydroxylation is 6. The van der Waals surface area contributed by atoms with Gasteiger partial charge in [0.25, 0.3) is 0 Å². The number of nitrogens with zero attached hydrogens (tertiary/aromatic N) is 10. The van der Waals surface area contributed by atoms with Crippen molar-refractivity contribution in [3.05, 3.63) is 190 Å². The molecule has 6 aromatic carbocycles. The predicted molar refractivity (Wildman–Crippen MR) is 389 cm³/mol. The van der Waals surface area contributed by atoms with Gasteiger partial charge in [0.05, 0.1) is 74.8 Å². The Labute approximate surface area is 619 Å². The van der Waals surface area contributed by atoms with Crippen LogP contribution in [-0.4, -0.2) is 105 Å². The van der Waals surface area contributed by atoms with E-state index in [4.69, 9.17) is 28.3 Å². The molecule has 109 heavy (non-hydrogen) atoms. The van der Waals surface area contributed by atoms with Crippen LogP contribution in [0.4, 0.5) is 54.8 Å². The Balaban J connectivity index is 0.000000130. The Kier molecular flexibility index (Phi) is 19.6. The molecular formula is C80H76F6N12O11. The first-order chi connectivity index (χ1) is 52.2. The van der Waals surface area contributed by atoms with E-state index in [1.54, 1.807) is 13.0 Å². The van der Waals surface area contributed by atoms with Crippen LogP contribution in [0, 0.1) is 76.4 Å². The summed E-state index contributed by atoms with van der Waals surface area (Å²) < 4.78 is 108. The first-order valence-electron chi connectivity index (χ1n) is 36.1. The summed E-state index contributed by atoms with van der Waals surface area (Å²) in [7, 11) is 0. The Hall–Kier alpha value is -11.5. The van der Waals surface area contributed by atoms with Gasteiger partial charge in [0.2, 0.25) is 23.6 Å². The van der Waals surface area contributed by atoms with Crippen LogP contribution in [0.3, 0.4) is 0 Å². The number of hydrogen-bond acceptors (Lipinski definition) is 17. The zero-order valence-electron chi connectivity index (χ0n) is 60.4. The molecule has 8 heterocycles. The van der Waals surface area contributed by atoms with Crippen molar-refractivity contribution in [2.24, 2.45) is 0 Å². The van der Waals surface area contributed by atoms with Crippen LogP contribution in [0.2, 0.25) is 0 Å². The lowest BCUT2D eigenvalue weighted by molar-refractivity contribution is -0.152. The number of hydrogen-bond donors (Lipinski definition) is 4. The van der Waals surface area contributed by atoms with Gasteiger partial charge in [-0.15, -0.1) is 0 Å². The zero-order valence-corrected chi connectivity index (χ0v) is 60.4. The third-order valence-corrected chi connectivity index (χ3v) is 21.4. The molecule has 17 rings (SSSR count). The van der Waals surface area contributed by atoms with Crippen LogP contribution in [0.5, 0.6) is 0 Å². The Bertz CT molecular complexity index is 5380. The number of amides is 4. The molecule has 11 aromatic rings. The van der Waals surface area contributed by atoms with Gasteiger partial charge < -0.3 is 58.1 Å². The third-order valence-electron chi connectivity index (χ3n) is 21.4. The van der Waals surface area contributed by atoms with Crippen LogP contribution in [0.15, 0.2) is 123 Å². The quantitative estimate of drug-likeness (QED) is 0.0548. The summed E-state index contributed by atoms with van der Waals surface area (Å²) in [5.74, 6) is -4.10. The van der Waals surface area contributed by atoms with Crippen molar-refractivity contribution in [2.75, 3.05) is 25.3 Å². The smallest absolute Gasteiger partial charge is 0.302 e. The van der Waals surface area contributed by atoms with Gasteiger partial charge in [0, 0.05) is 109 Å². The van der Waals surface area contributed by atoms with Gasteiger partial charge in [0.15, 0.2) is 34.9 Å². The second kappa shape index (κ2) is 29.3. The van der Waals surface area contributed by atoms with Crippen LogP contribution in [0.1, 0.15) is 154 Å². The molecule has 3 aliphatic carbocycles. The molecule has 3 saturated carbocycles. The van der Waals surface area contributed by atoms with Crippen molar-refractivity contribution in [1.82, 2.24) is 34.6 Å². The SMILES string of the molecule is CC(=O)OC1CC(n2c([C@@H]3CCC(=O)N3c3ccc(F)c(F)c3)nc3cc(-c4c(C)noc4C)ccc32)C1.Cc1noc(C)c1-c1ccc(NC2CC(O)C2)c(NC(=O)[C@@H]2CCC(=O)N2c2ccc(F)c(F)c2)c1.Cc1noc(C)c1-c1ccc2c(c1)nc([C@@H]1CCC(=O)N1c1ccc(F)c(F)c1)n2C1CC(O)C1. The lowest BCUT2D eigenvalue weighted by Crippen LogP contribution is -2.42. The van der Waals surface area contributed by atoms with E-state index < -0.39 is 58.9 Å². The molecule has 6 aliphatic rings. The number of esters is 1. The monoisotopic (exact) mass is 1490 g/mol. The minimum absolute atomic E-state index is 0.00627. The maximum Gasteiger partial charge on any atom is 0.302 e. The van der Waals surface area contributed by atoms with Gasteiger partial charge in [0.1, 0.15) is 41.1 Å². The number of aliphatic hydroxyl groups excluding tert-OH is 2. The van der Waals surface area contributed by atoms with Crippen LogP contribution in [0.25, 0.3) is 55.4 Å². The molecule has 4 N–H and O–H groups in total. The largest absolute Gasteiger partial charge is 0.462 e. The van der Waals surface area contributed by atoms with E-state index in [1.165, 1.54) is 39.8 Å². The highest BCUT2D eigenvalue weighted by atomic mass is 19.2. The van der Waals surface area contributed by atoms with Gasteiger partial charge >= 0.3 is 5.97 Å². The van der Waals surface area contributed by atoms with Crippen molar-refractivity contribution >= 4 is 80.1 Å². The van der Waals surface area contributed by atoms with Crippen molar-refractivity contribution < 1.29 is 78.8 Å². The lowest BCUT2D eigenvalue weighted by Gasteiger charge is -2.37. The van der Waals surface area contributed by atoms with Gasteiger partial charge in [-0.2, -0.15) is 0 Å². The van der Waals surface area contributed by atoms with E-state index in [0.29, 0.717) is 97.3 Å². The number of ether oxygens (including phenoxy) is 1. The van der Waals surface area contributed by atoms with Gasteiger partial charge in [-0.3, -0.25) is 28.9 Å². The fourth-order valence-corrected chi connectivity index (χ4v) is 16.1. The fourth-order valence-electron chi connectivity index (χ4n) is 16.1. The highest BCUT2D eigenvalue weighted by Crippen LogP contribution is 2.48. The first kappa shape index (κ1) is 73.1. The van der Waals surface area contributed by atoms with E-state index >= 15 is 0 Å². The normalized spacial score (nSPS) is 21.6. The van der Waals surface area contributed by atoms with Crippen molar-refractivity contribution in [2.45, 2.75) is 180 Å². The Morgan fingerprint density at radius 3 is 1.29 bits per heavy atom. The maximum atomic E-state index is 14.1. The van der Waals surface area contributed by atoms with Crippen molar-refractivity contribution in [3.63, 3.8) is 0 Å². The van der Waals surface area contributed by atoms with Gasteiger partial charge in [-0.05, 0) is 176 Å². The van der Waals surface area contributed by atoms with Crippen molar-refractivity contribution in [1.29, 1.82) is 0 Å². The highest BCUT2D eigenvalue weighted by molar-refractivity contribution is 6.09. The number of nitrogens with one attached hydrogen (secondary N) is 2. The maximum absolute atomic E-state index is 14.1. The van der Waals surface area contributed by atoms with Gasteiger partial charge in [-0.1, -0.05) is 33.7 Å². The summed E-state index contributed by atoms with van der Waals surface area (Å²) in [5, 5.41) is 38.1. The molecule has 4 amide bonds.